The molecule has 0 aliphatic heterocycles. The quantitative estimate of drug-likeness (QED) is 0.886. The molecule has 22 heavy (non-hydrogen) atoms. The Morgan fingerprint density at radius 1 is 1.05 bits per heavy atom. The van der Waals surface area contributed by atoms with Crippen molar-refractivity contribution in [2.24, 2.45) is 5.92 Å². The fraction of sp³-hybridized carbons (Fsp3) is 0.421. The molecule has 116 valence electrons. The minimum Gasteiger partial charge on any atom is -0.481 e. The number of carboxylic acid groups (broad SMARTS) is 1. The summed E-state index contributed by atoms with van der Waals surface area (Å²) in [7, 11) is 0. The Morgan fingerprint density at radius 2 is 1.77 bits per heavy atom. The van der Waals surface area contributed by atoms with E-state index in [1.165, 1.54) is 16.3 Å². The first-order valence-corrected chi connectivity index (χ1v) is 8.16. The van der Waals surface area contributed by atoms with Gasteiger partial charge < -0.3 is 10.4 Å². The van der Waals surface area contributed by atoms with Crippen molar-refractivity contribution >= 4 is 16.7 Å². The van der Waals surface area contributed by atoms with Gasteiger partial charge in [-0.25, -0.2) is 0 Å². The molecule has 1 aliphatic rings. The molecule has 0 aromatic heterocycles. The third-order valence-electron chi connectivity index (χ3n) is 4.74. The predicted molar refractivity (Wildman–Crippen MR) is 89.0 cm³/mol. The highest BCUT2D eigenvalue weighted by Crippen LogP contribution is 2.24. The maximum absolute atomic E-state index is 10.9. The van der Waals surface area contributed by atoms with Crippen LogP contribution in [0.3, 0.4) is 0 Å². The second-order valence-corrected chi connectivity index (χ2v) is 6.27. The number of hydrogen-bond acceptors (Lipinski definition) is 2. The second kappa shape index (κ2) is 6.93. The third kappa shape index (κ3) is 3.66. The van der Waals surface area contributed by atoms with Crippen LogP contribution < -0.4 is 5.32 Å². The number of carboxylic acids is 1. The summed E-state index contributed by atoms with van der Waals surface area (Å²) in [4.78, 5) is 10.9. The lowest BCUT2D eigenvalue weighted by atomic mass is 9.86. The molecule has 3 rings (SSSR count). The van der Waals surface area contributed by atoms with Gasteiger partial charge in [0.25, 0.3) is 0 Å². The van der Waals surface area contributed by atoms with E-state index < -0.39 is 5.97 Å². The molecule has 0 unspecified atom stereocenters. The monoisotopic (exact) mass is 297 g/mol. The summed E-state index contributed by atoms with van der Waals surface area (Å²) in [6.45, 7) is 0.959. The lowest BCUT2D eigenvalue weighted by Gasteiger charge is -2.27. The molecule has 2 N–H and O–H groups in total. The summed E-state index contributed by atoms with van der Waals surface area (Å²) in [5.41, 5.74) is 1.35. The maximum atomic E-state index is 10.9. The van der Waals surface area contributed by atoms with Gasteiger partial charge in [-0.05, 0) is 55.0 Å². The molecule has 3 heteroatoms. The Balaban J connectivity index is 1.47. The van der Waals surface area contributed by atoms with Crippen molar-refractivity contribution in [2.45, 2.75) is 38.1 Å². The van der Waals surface area contributed by atoms with E-state index in [2.05, 4.69) is 47.8 Å². The van der Waals surface area contributed by atoms with Crippen LogP contribution in [0.15, 0.2) is 42.5 Å². The van der Waals surface area contributed by atoms with Crippen LogP contribution >= 0.6 is 0 Å². The van der Waals surface area contributed by atoms with E-state index in [1.807, 2.05) is 0 Å². The molecule has 2 aromatic carbocycles. The topological polar surface area (TPSA) is 49.3 Å². The normalized spacial score (nSPS) is 21.8. The van der Waals surface area contributed by atoms with Crippen LogP contribution in [0.2, 0.25) is 0 Å². The summed E-state index contributed by atoms with van der Waals surface area (Å²) in [5, 5.41) is 15.2. The average molecular weight is 297 g/mol. The molecule has 0 atom stereocenters. The zero-order valence-electron chi connectivity index (χ0n) is 12.8. The predicted octanol–water partition coefficient (Wildman–Crippen LogP) is 3.62. The fourth-order valence-electron chi connectivity index (χ4n) is 3.36. The van der Waals surface area contributed by atoms with Crippen molar-refractivity contribution in [1.82, 2.24) is 5.32 Å². The lowest BCUT2D eigenvalue weighted by Crippen LogP contribution is -2.36. The van der Waals surface area contributed by atoms with Gasteiger partial charge in [0.2, 0.25) is 0 Å². The van der Waals surface area contributed by atoms with Gasteiger partial charge in [0, 0.05) is 6.04 Å². The molecule has 1 aliphatic carbocycles. The largest absolute Gasteiger partial charge is 0.481 e. The summed E-state index contributed by atoms with van der Waals surface area (Å²) >= 11 is 0. The van der Waals surface area contributed by atoms with E-state index >= 15 is 0 Å². The van der Waals surface area contributed by atoms with Crippen LogP contribution in [0.5, 0.6) is 0 Å². The number of hydrogen-bond donors (Lipinski definition) is 2. The first-order valence-electron chi connectivity index (χ1n) is 8.16. The van der Waals surface area contributed by atoms with Crippen LogP contribution in [-0.2, 0) is 11.2 Å². The van der Waals surface area contributed by atoms with Crippen molar-refractivity contribution in [1.29, 1.82) is 0 Å². The molecule has 0 spiro atoms. The summed E-state index contributed by atoms with van der Waals surface area (Å²) in [5.74, 6) is -0.756. The van der Waals surface area contributed by atoms with Crippen LogP contribution in [0.4, 0.5) is 0 Å². The van der Waals surface area contributed by atoms with E-state index in [-0.39, 0.29) is 5.92 Å². The Labute approximate surface area is 131 Å². The molecule has 0 amide bonds. The van der Waals surface area contributed by atoms with Gasteiger partial charge in [0.1, 0.15) is 0 Å². The Morgan fingerprint density at radius 3 is 2.50 bits per heavy atom. The van der Waals surface area contributed by atoms with Crippen LogP contribution in [-0.4, -0.2) is 23.7 Å². The SMILES string of the molecule is O=C(O)C1CCC(NCCc2ccc3ccccc3c2)CC1. The lowest BCUT2D eigenvalue weighted by molar-refractivity contribution is -0.142. The highest BCUT2D eigenvalue weighted by atomic mass is 16.4. The van der Waals surface area contributed by atoms with Gasteiger partial charge in [0.05, 0.1) is 5.92 Å². The maximum Gasteiger partial charge on any atom is 0.306 e. The van der Waals surface area contributed by atoms with Crippen molar-refractivity contribution in [2.75, 3.05) is 6.54 Å². The third-order valence-corrected chi connectivity index (χ3v) is 4.74. The highest BCUT2D eigenvalue weighted by molar-refractivity contribution is 5.82. The van der Waals surface area contributed by atoms with Crippen molar-refractivity contribution in [3.05, 3.63) is 48.0 Å². The molecule has 0 saturated heterocycles. The number of benzene rings is 2. The number of aliphatic carboxylic acids is 1. The molecule has 0 heterocycles. The van der Waals surface area contributed by atoms with E-state index in [1.54, 1.807) is 0 Å². The van der Waals surface area contributed by atoms with Gasteiger partial charge >= 0.3 is 5.97 Å². The first kappa shape index (κ1) is 15.0. The molecule has 1 fully saturated rings. The van der Waals surface area contributed by atoms with E-state index in [0.29, 0.717) is 6.04 Å². The summed E-state index contributed by atoms with van der Waals surface area (Å²) in [6.07, 6.45) is 4.60. The van der Waals surface area contributed by atoms with Crippen molar-refractivity contribution in [3.63, 3.8) is 0 Å². The molecule has 0 bridgehead atoms. The van der Waals surface area contributed by atoms with Crippen LogP contribution in [0, 0.1) is 5.92 Å². The Kier molecular flexibility index (Phi) is 4.74. The molecular weight excluding hydrogens is 274 g/mol. The number of rotatable bonds is 5. The Bertz CT molecular complexity index is 645. The van der Waals surface area contributed by atoms with Gasteiger partial charge in [-0.2, -0.15) is 0 Å². The van der Waals surface area contributed by atoms with E-state index in [9.17, 15) is 4.79 Å². The molecular formula is C19H23NO2. The number of nitrogens with one attached hydrogen (secondary N) is 1. The highest BCUT2D eigenvalue weighted by Gasteiger charge is 2.25. The van der Waals surface area contributed by atoms with Crippen LogP contribution in [0.1, 0.15) is 31.2 Å². The van der Waals surface area contributed by atoms with Crippen LogP contribution in [0.25, 0.3) is 10.8 Å². The fourth-order valence-corrected chi connectivity index (χ4v) is 3.36. The van der Waals surface area contributed by atoms with E-state index in [4.69, 9.17) is 5.11 Å². The van der Waals surface area contributed by atoms with Gasteiger partial charge in [-0.1, -0.05) is 42.5 Å². The van der Waals surface area contributed by atoms with E-state index in [0.717, 1.165) is 38.6 Å². The minimum atomic E-state index is -0.630. The molecule has 2 aromatic rings. The zero-order valence-corrected chi connectivity index (χ0v) is 12.8. The number of carbonyl (C=O) groups is 1. The van der Waals surface area contributed by atoms with Gasteiger partial charge in [-0.15, -0.1) is 0 Å². The van der Waals surface area contributed by atoms with Gasteiger partial charge in [0.15, 0.2) is 0 Å². The van der Waals surface area contributed by atoms with Crippen molar-refractivity contribution in [3.8, 4) is 0 Å². The van der Waals surface area contributed by atoms with Gasteiger partial charge in [-0.3, -0.25) is 4.79 Å². The smallest absolute Gasteiger partial charge is 0.306 e. The summed E-state index contributed by atoms with van der Waals surface area (Å²) in [6, 6.07) is 15.6. The number of fused-ring (bicyclic) bond motifs is 1. The van der Waals surface area contributed by atoms with Crippen molar-refractivity contribution < 1.29 is 9.90 Å². The molecule has 1 saturated carbocycles. The zero-order chi connectivity index (χ0) is 15.4. The second-order valence-electron chi connectivity index (χ2n) is 6.27. The molecule has 3 nitrogen and oxygen atoms in total. The summed E-state index contributed by atoms with van der Waals surface area (Å²) < 4.78 is 0. The molecule has 0 radical (unpaired) electrons. The first-order chi connectivity index (χ1) is 10.7. The average Bonchev–Trinajstić information content (AvgIpc) is 2.55. The standard InChI is InChI=1S/C19H23NO2/c21-19(22)16-7-9-18(10-8-16)20-12-11-14-5-6-15-3-1-2-4-17(15)13-14/h1-6,13,16,18,20H,7-12H2,(H,21,22). The Hall–Kier alpha value is -1.87. The minimum absolute atomic E-state index is 0.126.